The van der Waals surface area contributed by atoms with Gasteiger partial charge in [0.15, 0.2) is 0 Å². The highest BCUT2D eigenvalue weighted by molar-refractivity contribution is 7.99. The number of carbonyl (C=O) groups is 1. The van der Waals surface area contributed by atoms with E-state index in [1.54, 1.807) is 0 Å². The molecule has 1 aliphatic heterocycles. The molecule has 0 atom stereocenters. The van der Waals surface area contributed by atoms with Crippen LogP contribution in [0.25, 0.3) is 0 Å². The van der Waals surface area contributed by atoms with Crippen LogP contribution >= 0.6 is 23.4 Å². The van der Waals surface area contributed by atoms with Crippen LogP contribution in [0.2, 0.25) is 5.02 Å². The zero-order chi connectivity index (χ0) is 19.4. The Hall–Kier alpha value is -1.78. The molecule has 1 fully saturated rings. The molecular weight excluding hydrogens is 405 g/mol. The highest BCUT2D eigenvalue weighted by atomic mass is 35.5. The van der Waals surface area contributed by atoms with Crippen molar-refractivity contribution in [1.29, 1.82) is 0 Å². The van der Waals surface area contributed by atoms with Gasteiger partial charge >= 0.3 is 6.18 Å². The van der Waals surface area contributed by atoms with Gasteiger partial charge in [0, 0.05) is 0 Å². The minimum absolute atomic E-state index is 0.186. The zero-order valence-electron chi connectivity index (χ0n) is 14.1. The Bertz CT molecular complexity index is 809. The molecule has 0 radical (unpaired) electrons. The zero-order valence-corrected chi connectivity index (χ0v) is 15.6. The Morgan fingerprint density at radius 3 is 2.74 bits per heavy atom. The highest BCUT2D eigenvalue weighted by Crippen LogP contribution is 2.38. The first-order chi connectivity index (χ1) is 12.8. The minimum atomic E-state index is -4.63. The summed E-state index contributed by atoms with van der Waals surface area (Å²) >= 11 is 6.76. The van der Waals surface area contributed by atoms with Gasteiger partial charge in [0.05, 0.1) is 28.6 Å². The molecule has 0 saturated carbocycles. The molecule has 1 aliphatic rings. The number of alkyl halides is 3. The van der Waals surface area contributed by atoms with E-state index in [1.165, 1.54) is 12.1 Å². The molecular formula is C16H16ClF3N4O2S. The second-order valence-corrected chi connectivity index (χ2v) is 7.28. The maximum Gasteiger partial charge on any atom is 0.418 e. The Balaban J connectivity index is 1.57. The van der Waals surface area contributed by atoms with Crippen LogP contribution in [0.1, 0.15) is 24.3 Å². The van der Waals surface area contributed by atoms with Gasteiger partial charge in [-0.25, -0.2) is 0 Å². The van der Waals surface area contributed by atoms with Gasteiger partial charge in [0.1, 0.15) is 0 Å². The van der Waals surface area contributed by atoms with Crippen LogP contribution in [0.4, 0.5) is 18.9 Å². The Labute approximate surface area is 162 Å². The number of benzene rings is 1. The third-order valence-corrected chi connectivity index (χ3v) is 5.05. The predicted octanol–water partition coefficient (Wildman–Crippen LogP) is 4.07. The summed E-state index contributed by atoms with van der Waals surface area (Å²) in [6.45, 7) is 2.51. The first-order valence-corrected chi connectivity index (χ1v) is 9.52. The van der Waals surface area contributed by atoms with E-state index in [4.69, 9.17) is 16.0 Å². The van der Waals surface area contributed by atoms with E-state index in [0.717, 1.165) is 43.8 Å². The second-order valence-electron chi connectivity index (χ2n) is 5.94. The lowest BCUT2D eigenvalue weighted by Crippen LogP contribution is -2.18. The van der Waals surface area contributed by atoms with Crippen LogP contribution in [-0.4, -0.2) is 39.8 Å². The van der Waals surface area contributed by atoms with E-state index in [0.29, 0.717) is 12.4 Å². The maximum absolute atomic E-state index is 13.0. The monoisotopic (exact) mass is 420 g/mol. The van der Waals surface area contributed by atoms with Gasteiger partial charge in [-0.2, -0.15) is 13.2 Å². The molecule has 11 heteroatoms. The number of halogens is 4. The SMILES string of the molecule is O=C(CSc1nnc(CN2CCCC2)o1)Nc1c(Cl)cccc1C(F)(F)F. The van der Waals surface area contributed by atoms with Crippen molar-refractivity contribution in [2.45, 2.75) is 30.8 Å². The molecule has 1 aromatic heterocycles. The number of thioether (sulfide) groups is 1. The number of likely N-dealkylation sites (tertiary alicyclic amines) is 1. The first kappa shape index (κ1) is 20.0. The molecule has 0 unspecified atom stereocenters. The molecule has 1 saturated heterocycles. The topological polar surface area (TPSA) is 71.3 Å². The number of hydrogen-bond donors (Lipinski definition) is 1. The largest absolute Gasteiger partial charge is 0.418 e. The van der Waals surface area contributed by atoms with E-state index in [-0.39, 0.29) is 16.0 Å². The molecule has 1 N–H and O–H groups in total. The normalized spacial score (nSPS) is 15.3. The minimum Gasteiger partial charge on any atom is -0.415 e. The van der Waals surface area contributed by atoms with Gasteiger partial charge in [0.25, 0.3) is 5.22 Å². The van der Waals surface area contributed by atoms with Gasteiger partial charge < -0.3 is 9.73 Å². The summed E-state index contributed by atoms with van der Waals surface area (Å²) in [5.74, 6) is -0.392. The van der Waals surface area contributed by atoms with Crippen LogP contribution in [0.5, 0.6) is 0 Å². The summed E-state index contributed by atoms with van der Waals surface area (Å²) in [7, 11) is 0. The molecule has 0 bridgehead atoms. The van der Waals surface area contributed by atoms with Gasteiger partial charge in [-0.15, -0.1) is 10.2 Å². The van der Waals surface area contributed by atoms with E-state index in [9.17, 15) is 18.0 Å². The molecule has 1 amide bonds. The number of aromatic nitrogens is 2. The molecule has 3 rings (SSSR count). The van der Waals surface area contributed by atoms with Crippen molar-refractivity contribution in [2.75, 3.05) is 24.2 Å². The summed E-state index contributed by atoms with van der Waals surface area (Å²) in [5.41, 5.74) is -1.46. The summed E-state index contributed by atoms with van der Waals surface area (Å²) in [4.78, 5) is 14.2. The standard InChI is InChI=1S/C16H16ClF3N4O2S/c17-11-5-3-4-10(16(18,19)20)14(11)21-12(25)9-27-15-23-22-13(26-15)8-24-6-1-2-7-24/h3-5H,1-2,6-9H2,(H,21,25). The van der Waals surface area contributed by atoms with Crippen molar-refractivity contribution < 1.29 is 22.4 Å². The summed E-state index contributed by atoms with van der Waals surface area (Å²) < 4.78 is 44.6. The number of para-hydroxylation sites is 1. The lowest BCUT2D eigenvalue weighted by molar-refractivity contribution is -0.137. The molecule has 2 heterocycles. The Kier molecular flexibility index (Phi) is 6.28. The van der Waals surface area contributed by atoms with E-state index >= 15 is 0 Å². The van der Waals surface area contributed by atoms with Gasteiger partial charge in [-0.1, -0.05) is 29.4 Å². The average molecular weight is 421 g/mol. The van der Waals surface area contributed by atoms with Crippen molar-refractivity contribution in [3.8, 4) is 0 Å². The van der Waals surface area contributed by atoms with Crippen molar-refractivity contribution >= 4 is 35.0 Å². The number of nitrogens with zero attached hydrogens (tertiary/aromatic N) is 3. The number of hydrogen-bond acceptors (Lipinski definition) is 6. The van der Waals surface area contributed by atoms with Gasteiger partial charge in [0.2, 0.25) is 11.8 Å². The number of nitrogens with one attached hydrogen (secondary N) is 1. The molecule has 0 aliphatic carbocycles. The number of carbonyl (C=O) groups excluding carboxylic acids is 1. The summed E-state index contributed by atoms with van der Waals surface area (Å²) in [6, 6.07) is 3.31. The average Bonchev–Trinajstić information content (AvgIpc) is 3.26. The second kappa shape index (κ2) is 8.49. The van der Waals surface area contributed by atoms with Crippen LogP contribution < -0.4 is 5.32 Å². The highest BCUT2D eigenvalue weighted by Gasteiger charge is 2.34. The lowest BCUT2D eigenvalue weighted by Gasteiger charge is -2.14. The summed E-state index contributed by atoms with van der Waals surface area (Å²) in [6.07, 6.45) is -2.35. The Morgan fingerprint density at radius 1 is 1.30 bits per heavy atom. The van der Waals surface area contributed by atoms with E-state index in [2.05, 4.69) is 20.4 Å². The number of amides is 1. The number of anilines is 1. The molecule has 27 heavy (non-hydrogen) atoms. The van der Waals surface area contributed by atoms with Gasteiger partial charge in [-0.05, 0) is 38.1 Å². The number of rotatable bonds is 6. The predicted molar refractivity (Wildman–Crippen MR) is 94.6 cm³/mol. The molecule has 6 nitrogen and oxygen atoms in total. The molecule has 146 valence electrons. The Morgan fingerprint density at radius 2 is 2.04 bits per heavy atom. The third kappa shape index (κ3) is 5.36. The fraction of sp³-hybridized carbons (Fsp3) is 0.438. The summed E-state index contributed by atoms with van der Waals surface area (Å²) in [5, 5.41) is 9.98. The fourth-order valence-corrected chi connectivity index (χ4v) is 3.48. The van der Waals surface area contributed by atoms with Crippen molar-refractivity contribution in [3.05, 3.63) is 34.7 Å². The van der Waals surface area contributed by atoms with Crippen molar-refractivity contribution in [1.82, 2.24) is 15.1 Å². The molecule has 2 aromatic rings. The van der Waals surface area contributed by atoms with Crippen LogP contribution in [-0.2, 0) is 17.5 Å². The van der Waals surface area contributed by atoms with E-state index < -0.39 is 23.3 Å². The smallest absolute Gasteiger partial charge is 0.415 e. The maximum atomic E-state index is 13.0. The molecule has 1 aromatic carbocycles. The van der Waals surface area contributed by atoms with E-state index in [1.807, 2.05) is 0 Å². The van der Waals surface area contributed by atoms with Gasteiger partial charge in [-0.3, -0.25) is 9.69 Å². The lowest BCUT2D eigenvalue weighted by atomic mass is 10.1. The van der Waals surface area contributed by atoms with Crippen molar-refractivity contribution in [2.24, 2.45) is 0 Å². The van der Waals surface area contributed by atoms with Crippen LogP contribution in [0, 0.1) is 0 Å². The van der Waals surface area contributed by atoms with Crippen LogP contribution in [0.15, 0.2) is 27.8 Å². The third-order valence-electron chi connectivity index (χ3n) is 3.92. The molecule has 0 spiro atoms. The van der Waals surface area contributed by atoms with Crippen molar-refractivity contribution in [3.63, 3.8) is 0 Å². The first-order valence-electron chi connectivity index (χ1n) is 8.16. The quantitative estimate of drug-likeness (QED) is 0.710. The fourth-order valence-electron chi connectivity index (χ4n) is 2.68. The van der Waals surface area contributed by atoms with Crippen LogP contribution in [0.3, 0.4) is 0 Å².